The van der Waals surface area contributed by atoms with E-state index in [1.807, 2.05) is 32.0 Å². The number of carbonyl (C=O) groups excluding carboxylic acids is 1. The SMILES string of the molecule is Cc1cc(N(C)C)nc(NC[C@H]2CC[C@@H](NC(=O)c3ccc(F)c(C)c3)CC2)n1. The van der Waals surface area contributed by atoms with Crippen molar-refractivity contribution in [1.82, 2.24) is 15.3 Å². The van der Waals surface area contributed by atoms with Crippen molar-refractivity contribution in [2.45, 2.75) is 45.6 Å². The van der Waals surface area contributed by atoms with Gasteiger partial charge in [0, 0.05) is 44.0 Å². The first-order valence-corrected chi connectivity index (χ1v) is 10.2. The molecule has 1 amide bonds. The summed E-state index contributed by atoms with van der Waals surface area (Å²) in [6.07, 6.45) is 3.95. The van der Waals surface area contributed by atoms with Gasteiger partial charge in [0.1, 0.15) is 11.6 Å². The predicted molar refractivity (Wildman–Crippen MR) is 114 cm³/mol. The second kappa shape index (κ2) is 9.20. The van der Waals surface area contributed by atoms with Gasteiger partial charge in [-0.1, -0.05) is 0 Å². The highest BCUT2D eigenvalue weighted by molar-refractivity contribution is 5.94. The predicted octanol–water partition coefficient (Wildman–Crippen LogP) is 3.70. The highest BCUT2D eigenvalue weighted by Crippen LogP contribution is 2.25. The van der Waals surface area contributed by atoms with Crippen LogP contribution in [0, 0.1) is 25.6 Å². The Hall–Kier alpha value is -2.70. The topological polar surface area (TPSA) is 70.2 Å². The van der Waals surface area contributed by atoms with Crippen LogP contribution in [0.1, 0.15) is 47.3 Å². The molecule has 1 aliphatic carbocycles. The van der Waals surface area contributed by atoms with Gasteiger partial charge in [0.25, 0.3) is 5.91 Å². The third-order valence-corrected chi connectivity index (χ3v) is 5.45. The molecule has 1 aliphatic rings. The zero-order valence-corrected chi connectivity index (χ0v) is 17.6. The zero-order valence-electron chi connectivity index (χ0n) is 17.6. The number of anilines is 2. The normalized spacial score (nSPS) is 18.9. The third-order valence-electron chi connectivity index (χ3n) is 5.45. The molecular formula is C22H30FN5O. The monoisotopic (exact) mass is 399 g/mol. The average molecular weight is 400 g/mol. The molecule has 6 nitrogen and oxygen atoms in total. The summed E-state index contributed by atoms with van der Waals surface area (Å²) in [4.78, 5) is 23.4. The summed E-state index contributed by atoms with van der Waals surface area (Å²) in [5, 5.41) is 6.46. The molecule has 0 saturated heterocycles. The number of hydrogen-bond acceptors (Lipinski definition) is 5. The maximum atomic E-state index is 13.4. The molecule has 1 fully saturated rings. The second-order valence-electron chi connectivity index (χ2n) is 8.12. The Bertz CT molecular complexity index is 862. The van der Waals surface area contributed by atoms with Gasteiger partial charge in [-0.3, -0.25) is 4.79 Å². The van der Waals surface area contributed by atoms with E-state index in [1.165, 1.54) is 12.1 Å². The first-order valence-electron chi connectivity index (χ1n) is 10.2. The molecule has 0 radical (unpaired) electrons. The Morgan fingerprint density at radius 2 is 1.86 bits per heavy atom. The largest absolute Gasteiger partial charge is 0.363 e. The van der Waals surface area contributed by atoms with Gasteiger partial charge in [-0.05, 0) is 69.2 Å². The molecule has 0 bridgehead atoms. The van der Waals surface area contributed by atoms with Gasteiger partial charge in [0.05, 0.1) is 0 Å². The molecule has 0 unspecified atom stereocenters. The molecule has 3 rings (SSSR count). The van der Waals surface area contributed by atoms with Crippen molar-refractivity contribution in [2.75, 3.05) is 30.9 Å². The van der Waals surface area contributed by atoms with Crippen molar-refractivity contribution < 1.29 is 9.18 Å². The van der Waals surface area contributed by atoms with Crippen molar-refractivity contribution in [3.8, 4) is 0 Å². The van der Waals surface area contributed by atoms with Gasteiger partial charge in [-0.15, -0.1) is 0 Å². The molecule has 0 spiro atoms. The Kier molecular flexibility index (Phi) is 6.67. The van der Waals surface area contributed by atoms with Crippen LogP contribution in [0.4, 0.5) is 16.2 Å². The van der Waals surface area contributed by atoms with Gasteiger partial charge in [0.15, 0.2) is 0 Å². The van der Waals surface area contributed by atoms with E-state index in [0.29, 0.717) is 23.0 Å². The number of rotatable bonds is 6. The molecule has 2 N–H and O–H groups in total. The summed E-state index contributed by atoms with van der Waals surface area (Å²) >= 11 is 0. The lowest BCUT2D eigenvalue weighted by molar-refractivity contribution is 0.0922. The van der Waals surface area contributed by atoms with Crippen LogP contribution in [0.15, 0.2) is 24.3 Å². The fraction of sp³-hybridized carbons (Fsp3) is 0.500. The van der Waals surface area contributed by atoms with E-state index in [2.05, 4.69) is 20.6 Å². The van der Waals surface area contributed by atoms with Crippen LogP contribution in [0.2, 0.25) is 0 Å². The minimum Gasteiger partial charge on any atom is -0.363 e. The number of nitrogens with one attached hydrogen (secondary N) is 2. The molecule has 7 heteroatoms. The Labute approximate surface area is 171 Å². The van der Waals surface area contributed by atoms with Crippen LogP contribution in [0.3, 0.4) is 0 Å². The number of carbonyl (C=O) groups is 1. The lowest BCUT2D eigenvalue weighted by atomic mass is 9.86. The molecule has 1 saturated carbocycles. The van der Waals surface area contributed by atoms with Gasteiger partial charge >= 0.3 is 0 Å². The first-order chi connectivity index (χ1) is 13.8. The number of benzene rings is 1. The first kappa shape index (κ1) is 21.0. The highest BCUT2D eigenvalue weighted by Gasteiger charge is 2.23. The van der Waals surface area contributed by atoms with Crippen molar-refractivity contribution in [3.05, 3.63) is 46.9 Å². The van der Waals surface area contributed by atoms with E-state index in [-0.39, 0.29) is 17.8 Å². The van der Waals surface area contributed by atoms with Gasteiger partial charge in [-0.2, -0.15) is 4.98 Å². The van der Waals surface area contributed by atoms with Crippen LogP contribution in [0.25, 0.3) is 0 Å². The summed E-state index contributed by atoms with van der Waals surface area (Å²) in [5.41, 5.74) is 1.94. The third kappa shape index (κ3) is 5.65. The second-order valence-corrected chi connectivity index (χ2v) is 8.12. The van der Waals surface area contributed by atoms with E-state index in [1.54, 1.807) is 13.0 Å². The molecule has 29 heavy (non-hydrogen) atoms. The Morgan fingerprint density at radius 3 is 2.52 bits per heavy atom. The zero-order chi connectivity index (χ0) is 21.0. The molecular weight excluding hydrogens is 369 g/mol. The molecule has 1 aromatic heterocycles. The summed E-state index contributed by atoms with van der Waals surface area (Å²) < 4.78 is 13.4. The van der Waals surface area contributed by atoms with Crippen LogP contribution in [-0.4, -0.2) is 42.6 Å². The Balaban J connectivity index is 1.47. The van der Waals surface area contributed by atoms with Crippen LogP contribution >= 0.6 is 0 Å². The number of halogens is 1. The lowest BCUT2D eigenvalue weighted by Crippen LogP contribution is -2.38. The van der Waals surface area contributed by atoms with Crippen molar-refractivity contribution in [3.63, 3.8) is 0 Å². The van der Waals surface area contributed by atoms with E-state index in [9.17, 15) is 9.18 Å². The molecule has 0 atom stereocenters. The minimum atomic E-state index is -0.287. The summed E-state index contributed by atoms with van der Waals surface area (Å²) in [6.45, 7) is 4.47. The van der Waals surface area contributed by atoms with Crippen LogP contribution < -0.4 is 15.5 Å². The number of nitrogens with zero attached hydrogens (tertiary/aromatic N) is 3. The van der Waals surface area contributed by atoms with Crippen LogP contribution in [0.5, 0.6) is 0 Å². The lowest BCUT2D eigenvalue weighted by Gasteiger charge is -2.29. The van der Waals surface area contributed by atoms with Crippen LogP contribution in [-0.2, 0) is 0 Å². The van der Waals surface area contributed by atoms with Gasteiger partial charge in [-0.25, -0.2) is 9.37 Å². The smallest absolute Gasteiger partial charge is 0.251 e. The number of aryl methyl sites for hydroxylation is 2. The standard InChI is InChI=1S/C22H30FN5O/c1-14-11-17(7-10-19(14)23)21(29)26-18-8-5-16(6-9-18)13-24-22-25-15(2)12-20(27-22)28(3)4/h7,10-12,16,18H,5-6,8-9,13H2,1-4H3,(H,26,29)(H,24,25,27)/t16-,18+. The number of amides is 1. The van der Waals surface area contributed by atoms with Crippen molar-refractivity contribution >= 4 is 17.7 Å². The van der Waals surface area contributed by atoms with E-state index >= 15 is 0 Å². The number of aromatic nitrogens is 2. The molecule has 156 valence electrons. The Morgan fingerprint density at radius 1 is 1.14 bits per heavy atom. The summed E-state index contributed by atoms with van der Waals surface area (Å²) in [5.74, 6) is 1.67. The fourth-order valence-corrected chi connectivity index (χ4v) is 3.66. The highest BCUT2D eigenvalue weighted by atomic mass is 19.1. The van der Waals surface area contributed by atoms with Crippen molar-refractivity contribution in [1.29, 1.82) is 0 Å². The van der Waals surface area contributed by atoms with Gasteiger partial charge in [0.2, 0.25) is 5.95 Å². The number of hydrogen-bond donors (Lipinski definition) is 2. The maximum absolute atomic E-state index is 13.4. The molecule has 1 aromatic carbocycles. The fourth-order valence-electron chi connectivity index (χ4n) is 3.66. The maximum Gasteiger partial charge on any atom is 0.251 e. The minimum absolute atomic E-state index is 0.126. The summed E-state index contributed by atoms with van der Waals surface area (Å²) in [6, 6.07) is 6.62. The quantitative estimate of drug-likeness (QED) is 0.775. The molecule has 2 aromatic rings. The molecule has 0 aliphatic heterocycles. The molecule has 1 heterocycles. The van der Waals surface area contributed by atoms with Gasteiger partial charge < -0.3 is 15.5 Å². The van der Waals surface area contributed by atoms with E-state index in [0.717, 1.165) is 43.7 Å². The van der Waals surface area contributed by atoms with Crippen molar-refractivity contribution in [2.24, 2.45) is 5.92 Å². The summed E-state index contributed by atoms with van der Waals surface area (Å²) in [7, 11) is 3.93. The average Bonchev–Trinajstić information content (AvgIpc) is 2.69. The van der Waals surface area contributed by atoms with E-state index in [4.69, 9.17) is 0 Å². The van der Waals surface area contributed by atoms with E-state index < -0.39 is 0 Å².